The maximum absolute atomic E-state index is 12.1. The zero-order valence-corrected chi connectivity index (χ0v) is 13.2. The minimum Gasteiger partial charge on any atom is -0.496 e. The predicted molar refractivity (Wildman–Crippen MR) is 89.6 cm³/mol. The van der Waals surface area contributed by atoms with Crippen LogP contribution in [-0.2, 0) is 11.2 Å². The van der Waals surface area contributed by atoms with Gasteiger partial charge in [-0.25, -0.2) is 0 Å². The quantitative estimate of drug-likeness (QED) is 0.727. The molecule has 0 aliphatic carbocycles. The number of amides is 1. The number of nitrogens with one attached hydrogen (secondary N) is 2. The molecular weight excluding hydrogens is 306 g/mol. The largest absolute Gasteiger partial charge is 0.496 e. The molecule has 1 amide bonds. The Balaban J connectivity index is 1.58. The molecule has 0 bridgehead atoms. The molecule has 1 aromatic carbocycles. The Labute approximate surface area is 139 Å². The van der Waals surface area contributed by atoms with Gasteiger partial charge in [0.1, 0.15) is 11.4 Å². The van der Waals surface area contributed by atoms with Gasteiger partial charge in [-0.05, 0) is 30.2 Å². The van der Waals surface area contributed by atoms with Gasteiger partial charge in [0, 0.05) is 12.6 Å². The molecule has 0 aliphatic rings. The monoisotopic (exact) mass is 323 g/mol. The van der Waals surface area contributed by atoms with Crippen LogP contribution in [0.3, 0.4) is 0 Å². The number of benzene rings is 1. The third kappa shape index (κ3) is 3.75. The van der Waals surface area contributed by atoms with E-state index in [0.29, 0.717) is 24.4 Å². The lowest BCUT2D eigenvalue weighted by Crippen LogP contribution is -2.13. The van der Waals surface area contributed by atoms with Gasteiger partial charge in [-0.15, -0.1) is 5.10 Å². The van der Waals surface area contributed by atoms with Gasteiger partial charge in [0.25, 0.3) is 0 Å². The number of nitrogens with zero attached hydrogens (tertiary/aromatic N) is 3. The van der Waals surface area contributed by atoms with Gasteiger partial charge in [-0.3, -0.25) is 20.2 Å². The van der Waals surface area contributed by atoms with Crippen molar-refractivity contribution >= 4 is 11.9 Å². The topological polar surface area (TPSA) is 92.8 Å². The second kappa shape index (κ2) is 7.36. The normalized spacial score (nSPS) is 10.4. The van der Waals surface area contributed by atoms with E-state index in [0.717, 1.165) is 11.3 Å². The van der Waals surface area contributed by atoms with Crippen LogP contribution in [0.2, 0.25) is 0 Å². The minimum atomic E-state index is -0.160. The van der Waals surface area contributed by atoms with Crippen molar-refractivity contribution in [1.82, 2.24) is 20.2 Å². The highest BCUT2D eigenvalue weighted by molar-refractivity contribution is 5.89. The summed E-state index contributed by atoms with van der Waals surface area (Å²) in [4.78, 5) is 20.5. The van der Waals surface area contributed by atoms with Gasteiger partial charge < -0.3 is 4.74 Å². The van der Waals surface area contributed by atoms with Crippen molar-refractivity contribution in [3.8, 4) is 17.3 Å². The van der Waals surface area contributed by atoms with Crippen molar-refractivity contribution in [3.63, 3.8) is 0 Å². The molecule has 3 rings (SSSR count). The standard InChI is InChI=1S/C17H17N5O2/c1-24-14-8-3-2-6-12(14)9-10-15(23)19-17-20-16(21-22-17)13-7-4-5-11-18-13/h2-8,11H,9-10H2,1H3,(H2,19,20,21,22,23). The number of anilines is 1. The summed E-state index contributed by atoms with van der Waals surface area (Å²) in [5.41, 5.74) is 1.65. The molecule has 3 aromatic rings. The van der Waals surface area contributed by atoms with E-state index in [-0.39, 0.29) is 11.9 Å². The van der Waals surface area contributed by atoms with Crippen LogP contribution in [0.25, 0.3) is 11.5 Å². The second-order valence-corrected chi connectivity index (χ2v) is 5.08. The molecule has 0 spiro atoms. The lowest BCUT2D eigenvalue weighted by atomic mass is 10.1. The number of aryl methyl sites for hydroxylation is 1. The van der Waals surface area contributed by atoms with E-state index in [9.17, 15) is 4.79 Å². The van der Waals surface area contributed by atoms with Crippen LogP contribution in [0.15, 0.2) is 48.7 Å². The second-order valence-electron chi connectivity index (χ2n) is 5.08. The highest BCUT2D eigenvalue weighted by atomic mass is 16.5. The van der Waals surface area contributed by atoms with Crippen molar-refractivity contribution in [2.75, 3.05) is 12.4 Å². The number of para-hydroxylation sites is 1. The van der Waals surface area contributed by atoms with Gasteiger partial charge in [0.15, 0.2) is 5.82 Å². The first-order valence-corrected chi connectivity index (χ1v) is 7.52. The number of carbonyl (C=O) groups excluding carboxylic acids is 1. The molecule has 0 fully saturated rings. The van der Waals surface area contributed by atoms with Crippen LogP contribution in [-0.4, -0.2) is 33.2 Å². The number of hydrogen-bond acceptors (Lipinski definition) is 5. The molecule has 2 N–H and O–H groups in total. The molecule has 7 heteroatoms. The first-order valence-electron chi connectivity index (χ1n) is 7.52. The van der Waals surface area contributed by atoms with Crippen molar-refractivity contribution in [1.29, 1.82) is 0 Å². The number of aromatic amines is 1. The number of carbonyl (C=O) groups is 1. The Kier molecular flexibility index (Phi) is 4.81. The SMILES string of the molecule is COc1ccccc1CCC(=O)Nc1n[nH]c(-c2ccccn2)n1. The van der Waals surface area contributed by atoms with Gasteiger partial charge in [0.05, 0.1) is 7.11 Å². The minimum absolute atomic E-state index is 0.160. The van der Waals surface area contributed by atoms with Crippen molar-refractivity contribution < 1.29 is 9.53 Å². The number of rotatable bonds is 6. The molecule has 0 saturated heterocycles. The number of hydrogen-bond donors (Lipinski definition) is 2. The van der Waals surface area contributed by atoms with Crippen molar-refractivity contribution in [2.24, 2.45) is 0 Å². The highest BCUT2D eigenvalue weighted by Crippen LogP contribution is 2.19. The van der Waals surface area contributed by atoms with E-state index in [2.05, 4.69) is 25.5 Å². The van der Waals surface area contributed by atoms with Gasteiger partial charge in [0.2, 0.25) is 11.9 Å². The van der Waals surface area contributed by atoms with E-state index in [4.69, 9.17) is 4.74 Å². The van der Waals surface area contributed by atoms with Crippen LogP contribution >= 0.6 is 0 Å². The van der Waals surface area contributed by atoms with Crippen molar-refractivity contribution in [2.45, 2.75) is 12.8 Å². The van der Waals surface area contributed by atoms with Crippen LogP contribution in [0.4, 0.5) is 5.95 Å². The molecule has 0 saturated carbocycles. The fourth-order valence-corrected chi connectivity index (χ4v) is 2.28. The molecule has 0 unspecified atom stereocenters. The number of ether oxygens (including phenoxy) is 1. The zero-order chi connectivity index (χ0) is 16.8. The summed E-state index contributed by atoms with van der Waals surface area (Å²) in [5, 5.41) is 9.43. The highest BCUT2D eigenvalue weighted by Gasteiger charge is 2.10. The number of methoxy groups -OCH3 is 1. The maximum atomic E-state index is 12.1. The molecule has 2 aromatic heterocycles. The molecule has 24 heavy (non-hydrogen) atoms. The Morgan fingerprint density at radius 2 is 2.04 bits per heavy atom. The molecule has 0 radical (unpaired) electrons. The molecular formula is C17H17N5O2. The van der Waals surface area contributed by atoms with E-state index in [1.165, 1.54) is 0 Å². The average molecular weight is 323 g/mol. The predicted octanol–water partition coefficient (Wildman–Crippen LogP) is 2.45. The number of pyridine rings is 1. The average Bonchev–Trinajstić information content (AvgIpc) is 3.09. The van der Waals surface area contributed by atoms with Gasteiger partial charge in [-0.1, -0.05) is 24.3 Å². The zero-order valence-electron chi connectivity index (χ0n) is 13.2. The van der Waals surface area contributed by atoms with E-state index in [1.807, 2.05) is 42.5 Å². The third-order valence-electron chi connectivity index (χ3n) is 3.46. The van der Waals surface area contributed by atoms with Gasteiger partial charge >= 0.3 is 0 Å². The smallest absolute Gasteiger partial charge is 0.249 e. The van der Waals surface area contributed by atoms with Crippen LogP contribution < -0.4 is 10.1 Å². The molecule has 0 aliphatic heterocycles. The summed E-state index contributed by atoms with van der Waals surface area (Å²) >= 11 is 0. The Hall–Kier alpha value is -3.22. The lowest BCUT2D eigenvalue weighted by molar-refractivity contribution is -0.116. The van der Waals surface area contributed by atoms with Crippen LogP contribution in [0.5, 0.6) is 5.75 Å². The Morgan fingerprint density at radius 1 is 1.21 bits per heavy atom. The van der Waals surface area contributed by atoms with Crippen LogP contribution in [0, 0.1) is 0 Å². The third-order valence-corrected chi connectivity index (χ3v) is 3.46. The number of aromatic nitrogens is 4. The first-order chi connectivity index (χ1) is 11.8. The fourth-order valence-electron chi connectivity index (χ4n) is 2.28. The molecule has 2 heterocycles. The summed E-state index contributed by atoms with van der Waals surface area (Å²) in [6.45, 7) is 0. The first kappa shape index (κ1) is 15.7. The molecule has 0 atom stereocenters. The van der Waals surface area contributed by atoms with Gasteiger partial charge in [-0.2, -0.15) is 4.98 Å². The summed E-state index contributed by atoms with van der Waals surface area (Å²) in [7, 11) is 1.62. The number of H-pyrrole nitrogens is 1. The Bertz CT molecular complexity index is 817. The molecule has 122 valence electrons. The summed E-state index contributed by atoms with van der Waals surface area (Å²) in [6, 6.07) is 13.1. The summed E-state index contributed by atoms with van der Waals surface area (Å²) < 4.78 is 5.28. The summed E-state index contributed by atoms with van der Waals surface area (Å²) in [5.74, 6) is 1.37. The van der Waals surface area contributed by atoms with Crippen LogP contribution in [0.1, 0.15) is 12.0 Å². The lowest BCUT2D eigenvalue weighted by Gasteiger charge is -2.07. The fraction of sp³-hybridized carbons (Fsp3) is 0.176. The summed E-state index contributed by atoms with van der Waals surface area (Å²) in [6.07, 6.45) is 2.56. The van der Waals surface area contributed by atoms with Crippen molar-refractivity contribution in [3.05, 3.63) is 54.2 Å². The van der Waals surface area contributed by atoms with E-state index >= 15 is 0 Å². The van der Waals surface area contributed by atoms with E-state index in [1.54, 1.807) is 13.3 Å². The Morgan fingerprint density at radius 3 is 2.83 bits per heavy atom. The maximum Gasteiger partial charge on any atom is 0.249 e. The molecule has 7 nitrogen and oxygen atoms in total. The van der Waals surface area contributed by atoms with E-state index < -0.39 is 0 Å².